The van der Waals surface area contributed by atoms with E-state index in [0.29, 0.717) is 12.2 Å². The van der Waals surface area contributed by atoms with Gasteiger partial charge in [0.25, 0.3) is 0 Å². The third kappa shape index (κ3) is 9.43. The number of carbonyl (C=O) groups is 1. The van der Waals surface area contributed by atoms with E-state index in [4.69, 9.17) is 9.72 Å². The van der Waals surface area contributed by atoms with Crippen LogP contribution in [0.15, 0.2) is 48.7 Å². The number of hydrogen-bond donors (Lipinski definition) is 0. The number of aryl methyl sites for hydroxylation is 1. The minimum Gasteiger partial charge on any atom is -0.427 e. The van der Waals surface area contributed by atoms with Gasteiger partial charge in [-0.1, -0.05) is 84.1 Å². The van der Waals surface area contributed by atoms with Gasteiger partial charge in [-0.15, -0.1) is 0 Å². The molecule has 0 radical (unpaired) electrons. The highest BCUT2D eigenvalue weighted by Gasteiger charge is 2.08. The van der Waals surface area contributed by atoms with Crippen molar-refractivity contribution in [1.29, 1.82) is 0 Å². The molecule has 0 saturated heterocycles. The van der Waals surface area contributed by atoms with Crippen molar-refractivity contribution in [3.05, 3.63) is 54.2 Å². The van der Waals surface area contributed by atoms with Crippen LogP contribution in [0, 0.1) is 0 Å². The summed E-state index contributed by atoms with van der Waals surface area (Å²) in [5, 5.41) is 0. The Bertz CT molecular complexity index is 1030. The lowest BCUT2D eigenvalue weighted by molar-refractivity contribution is -0.134. The maximum absolute atomic E-state index is 12.1. The van der Waals surface area contributed by atoms with Gasteiger partial charge in [-0.3, -0.25) is 9.78 Å². The number of carbonyl (C=O) groups excluding carboxylic acids is 1. The summed E-state index contributed by atoms with van der Waals surface area (Å²) >= 11 is 0. The SMILES string of the molecule is CCCCCCCCC(=O)Oc1ccc(-c2cnc3cc(CCCCCCCC)ccc3n2)cc1. The second-order valence-corrected chi connectivity index (χ2v) is 9.61. The number of esters is 1. The predicted molar refractivity (Wildman–Crippen MR) is 146 cm³/mol. The Morgan fingerprint density at radius 1 is 0.743 bits per heavy atom. The van der Waals surface area contributed by atoms with Crippen LogP contribution in [-0.4, -0.2) is 15.9 Å². The fraction of sp³-hybridized carbons (Fsp3) is 0.516. The molecule has 0 unspecified atom stereocenters. The third-order valence-corrected chi connectivity index (χ3v) is 6.54. The summed E-state index contributed by atoms with van der Waals surface area (Å²) in [4.78, 5) is 21.6. The first-order valence-electron chi connectivity index (χ1n) is 13.8. The quantitative estimate of drug-likeness (QED) is 0.118. The molecule has 0 N–H and O–H groups in total. The normalized spacial score (nSPS) is 11.1. The lowest BCUT2D eigenvalue weighted by Crippen LogP contribution is -2.07. The van der Waals surface area contributed by atoms with Crippen molar-refractivity contribution in [3.63, 3.8) is 0 Å². The molecule has 188 valence electrons. The number of rotatable bonds is 16. The zero-order valence-corrected chi connectivity index (χ0v) is 21.7. The topological polar surface area (TPSA) is 52.1 Å². The molecule has 0 bridgehead atoms. The molecule has 3 rings (SSSR count). The van der Waals surface area contributed by atoms with E-state index in [0.717, 1.165) is 41.6 Å². The Morgan fingerprint density at radius 3 is 2.11 bits per heavy atom. The Morgan fingerprint density at radius 2 is 1.40 bits per heavy atom. The largest absolute Gasteiger partial charge is 0.427 e. The van der Waals surface area contributed by atoms with Crippen LogP contribution in [0.2, 0.25) is 0 Å². The van der Waals surface area contributed by atoms with E-state index < -0.39 is 0 Å². The highest BCUT2D eigenvalue weighted by molar-refractivity contribution is 5.78. The second-order valence-electron chi connectivity index (χ2n) is 9.61. The fourth-order valence-electron chi connectivity index (χ4n) is 4.39. The van der Waals surface area contributed by atoms with Crippen molar-refractivity contribution in [2.75, 3.05) is 0 Å². The monoisotopic (exact) mass is 474 g/mol. The predicted octanol–water partition coefficient (Wildman–Crippen LogP) is 8.86. The van der Waals surface area contributed by atoms with Gasteiger partial charge >= 0.3 is 5.97 Å². The Kier molecular flexibility index (Phi) is 11.7. The molecular weight excluding hydrogens is 432 g/mol. The van der Waals surface area contributed by atoms with E-state index in [-0.39, 0.29) is 5.97 Å². The smallest absolute Gasteiger partial charge is 0.311 e. The van der Waals surface area contributed by atoms with E-state index in [1.807, 2.05) is 30.5 Å². The maximum atomic E-state index is 12.1. The zero-order chi connectivity index (χ0) is 24.7. The van der Waals surface area contributed by atoms with Gasteiger partial charge in [0, 0.05) is 12.0 Å². The van der Waals surface area contributed by atoms with Gasteiger partial charge in [0.15, 0.2) is 0 Å². The lowest BCUT2D eigenvalue weighted by Gasteiger charge is -2.07. The molecule has 4 nitrogen and oxygen atoms in total. The summed E-state index contributed by atoms with van der Waals surface area (Å²) in [6.07, 6.45) is 18.2. The average molecular weight is 475 g/mol. The van der Waals surface area contributed by atoms with Gasteiger partial charge in [0.2, 0.25) is 0 Å². The molecule has 2 aromatic carbocycles. The molecule has 0 aliphatic heterocycles. The Balaban J connectivity index is 1.49. The number of fused-ring (bicyclic) bond motifs is 1. The first-order chi connectivity index (χ1) is 17.2. The standard InChI is InChI=1S/C31H42N2O2/c1-3-5-7-9-11-13-15-25-17-22-28-29(23-25)32-24-30(33-28)26-18-20-27(21-19-26)35-31(34)16-14-12-10-8-6-4-2/h17-24H,3-16H2,1-2H3. The van der Waals surface area contributed by atoms with Crippen molar-refractivity contribution in [2.24, 2.45) is 0 Å². The van der Waals surface area contributed by atoms with Gasteiger partial charge in [0.05, 0.1) is 22.9 Å². The van der Waals surface area contributed by atoms with Gasteiger partial charge in [-0.05, 0) is 61.2 Å². The van der Waals surface area contributed by atoms with E-state index in [9.17, 15) is 4.79 Å². The van der Waals surface area contributed by atoms with Crippen LogP contribution in [0.25, 0.3) is 22.3 Å². The van der Waals surface area contributed by atoms with Crippen LogP contribution in [-0.2, 0) is 11.2 Å². The average Bonchev–Trinajstić information content (AvgIpc) is 2.88. The molecule has 35 heavy (non-hydrogen) atoms. The van der Waals surface area contributed by atoms with Gasteiger partial charge in [-0.25, -0.2) is 4.98 Å². The third-order valence-electron chi connectivity index (χ3n) is 6.54. The van der Waals surface area contributed by atoms with Crippen molar-refractivity contribution in [2.45, 2.75) is 104 Å². The van der Waals surface area contributed by atoms with Crippen LogP contribution in [0.1, 0.15) is 103 Å². The zero-order valence-electron chi connectivity index (χ0n) is 21.7. The van der Waals surface area contributed by atoms with Crippen LogP contribution >= 0.6 is 0 Å². The second kappa shape index (κ2) is 15.3. The molecule has 0 aliphatic rings. The van der Waals surface area contributed by atoms with Gasteiger partial charge in [0.1, 0.15) is 5.75 Å². The van der Waals surface area contributed by atoms with Crippen molar-refractivity contribution in [1.82, 2.24) is 9.97 Å². The lowest BCUT2D eigenvalue weighted by atomic mass is 10.0. The molecule has 0 amide bonds. The Hall–Kier alpha value is -2.75. The molecule has 1 heterocycles. The molecule has 0 fully saturated rings. The fourth-order valence-corrected chi connectivity index (χ4v) is 4.39. The molecule has 0 atom stereocenters. The van der Waals surface area contributed by atoms with Gasteiger partial charge in [-0.2, -0.15) is 0 Å². The molecule has 0 spiro atoms. The number of unbranched alkanes of at least 4 members (excludes halogenated alkanes) is 10. The molecule has 4 heteroatoms. The first-order valence-corrected chi connectivity index (χ1v) is 13.8. The van der Waals surface area contributed by atoms with Crippen LogP contribution in [0.4, 0.5) is 0 Å². The van der Waals surface area contributed by atoms with Crippen molar-refractivity contribution < 1.29 is 9.53 Å². The van der Waals surface area contributed by atoms with Crippen molar-refractivity contribution >= 4 is 17.0 Å². The van der Waals surface area contributed by atoms with Crippen LogP contribution in [0.3, 0.4) is 0 Å². The first kappa shape index (κ1) is 26.8. The van der Waals surface area contributed by atoms with E-state index >= 15 is 0 Å². The van der Waals surface area contributed by atoms with Gasteiger partial charge < -0.3 is 4.74 Å². The highest BCUT2D eigenvalue weighted by Crippen LogP contribution is 2.23. The molecule has 1 aromatic heterocycles. The number of hydrogen-bond acceptors (Lipinski definition) is 4. The van der Waals surface area contributed by atoms with Crippen molar-refractivity contribution in [3.8, 4) is 17.0 Å². The summed E-state index contributed by atoms with van der Waals surface area (Å²) in [5.74, 6) is 0.424. The number of benzene rings is 2. The highest BCUT2D eigenvalue weighted by atomic mass is 16.5. The van der Waals surface area contributed by atoms with Crippen LogP contribution < -0.4 is 4.74 Å². The Labute approximate surface area is 211 Å². The summed E-state index contributed by atoms with van der Waals surface area (Å²) in [7, 11) is 0. The number of nitrogens with zero attached hydrogens (tertiary/aromatic N) is 2. The molecule has 0 aliphatic carbocycles. The number of ether oxygens (including phenoxy) is 1. The van der Waals surface area contributed by atoms with E-state index in [1.54, 1.807) is 0 Å². The minimum absolute atomic E-state index is 0.157. The molecule has 3 aromatic rings. The van der Waals surface area contributed by atoms with Crippen LogP contribution in [0.5, 0.6) is 5.75 Å². The summed E-state index contributed by atoms with van der Waals surface area (Å²) in [6, 6.07) is 14.0. The molecule has 0 saturated carbocycles. The molecular formula is C31H42N2O2. The number of aromatic nitrogens is 2. The summed E-state index contributed by atoms with van der Waals surface area (Å²) in [6.45, 7) is 4.47. The minimum atomic E-state index is -0.157. The summed E-state index contributed by atoms with van der Waals surface area (Å²) < 4.78 is 5.50. The summed E-state index contributed by atoms with van der Waals surface area (Å²) in [5.41, 5.74) is 4.97. The van der Waals surface area contributed by atoms with E-state index in [1.165, 1.54) is 69.8 Å². The maximum Gasteiger partial charge on any atom is 0.311 e. The van der Waals surface area contributed by atoms with E-state index in [2.05, 4.69) is 37.0 Å².